The lowest BCUT2D eigenvalue weighted by molar-refractivity contribution is -0.123. The van der Waals surface area contributed by atoms with E-state index in [2.05, 4.69) is 10.6 Å². The van der Waals surface area contributed by atoms with Gasteiger partial charge in [0.15, 0.2) is 0 Å². The van der Waals surface area contributed by atoms with Gasteiger partial charge in [0.2, 0.25) is 5.91 Å². The van der Waals surface area contributed by atoms with Crippen LogP contribution in [0.5, 0.6) is 0 Å². The van der Waals surface area contributed by atoms with Crippen molar-refractivity contribution in [1.82, 2.24) is 10.6 Å². The Balaban J connectivity index is 2.67. The summed E-state index contributed by atoms with van der Waals surface area (Å²) < 4.78 is 0. The van der Waals surface area contributed by atoms with Crippen LogP contribution in [0.4, 0.5) is 0 Å². The second-order valence-electron chi connectivity index (χ2n) is 5.49. The Morgan fingerprint density at radius 2 is 1.81 bits per heavy atom. The van der Waals surface area contributed by atoms with E-state index in [1.165, 1.54) is 0 Å². The van der Waals surface area contributed by atoms with Crippen molar-refractivity contribution < 1.29 is 9.59 Å². The molecule has 5 heteroatoms. The Morgan fingerprint density at radius 3 is 2.33 bits per heavy atom. The Hall–Kier alpha value is -1.88. The fraction of sp³-hybridized carbons (Fsp3) is 0.500. The largest absolute Gasteiger partial charge is 0.354 e. The van der Waals surface area contributed by atoms with E-state index in [9.17, 15) is 9.59 Å². The molecule has 1 aromatic rings. The molecule has 1 rings (SSSR count). The highest BCUT2D eigenvalue weighted by atomic mass is 16.2. The van der Waals surface area contributed by atoms with Gasteiger partial charge in [0, 0.05) is 12.1 Å². The first kappa shape index (κ1) is 17.2. The molecule has 0 fully saturated rings. The zero-order valence-corrected chi connectivity index (χ0v) is 13.0. The lowest BCUT2D eigenvalue weighted by Crippen LogP contribution is -2.50. The number of rotatable bonds is 7. The summed E-state index contributed by atoms with van der Waals surface area (Å²) in [7, 11) is 0. The summed E-state index contributed by atoms with van der Waals surface area (Å²) in [6.07, 6.45) is 0.725. The van der Waals surface area contributed by atoms with Gasteiger partial charge in [0.05, 0.1) is 0 Å². The quantitative estimate of drug-likeness (QED) is 0.660. The van der Waals surface area contributed by atoms with Crippen molar-refractivity contribution in [2.75, 3.05) is 13.1 Å². The first-order valence-corrected chi connectivity index (χ1v) is 7.31. The molecule has 0 spiro atoms. The molecule has 21 heavy (non-hydrogen) atoms. The molecule has 0 heterocycles. The van der Waals surface area contributed by atoms with E-state index in [1.807, 2.05) is 32.9 Å². The summed E-state index contributed by atoms with van der Waals surface area (Å²) in [5.41, 5.74) is 7.04. The van der Waals surface area contributed by atoms with Crippen molar-refractivity contribution in [2.24, 2.45) is 11.7 Å². The van der Waals surface area contributed by atoms with Crippen LogP contribution in [0.15, 0.2) is 24.3 Å². The molecule has 0 saturated heterocycles. The van der Waals surface area contributed by atoms with Gasteiger partial charge in [-0.25, -0.2) is 0 Å². The normalized spacial score (nSPS) is 12.0. The van der Waals surface area contributed by atoms with Crippen LogP contribution in [0.3, 0.4) is 0 Å². The number of carbonyl (C=O) groups is 2. The van der Waals surface area contributed by atoms with Gasteiger partial charge < -0.3 is 16.4 Å². The monoisotopic (exact) mass is 291 g/mol. The topological polar surface area (TPSA) is 84.2 Å². The minimum absolute atomic E-state index is 0.0114. The maximum absolute atomic E-state index is 12.2. The molecule has 0 aliphatic heterocycles. The van der Waals surface area contributed by atoms with Crippen molar-refractivity contribution in [3.05, 3.63) is 35.4 Å². The standard InChI is InChI=1S/C16H25N3O2/c1-11(2)14(16(21)18-10-4-9-17)19-15(20)13-7-5-12(3)6-8-13/h5-8,11,14H,4,9-10,17H2,1-3H3,(H,18,21)(H,19,20). The predicted molar refractivity (Wildman–Crippen MR) is 84.0 cm³/mol. The number of nitrogens with two attached hydrogens (primary N) is 1. The number of hydrogen-bond acceptors (Lipinski definition) is 3. The second-order valence-corrected chi connectivity index (χ2v) is 5.49. The summed E-state index contributed by atoms with van der Waals surface area (Å²) in [5, 5.41) is 5.59. The van der Waals surface area contributed by atoms with E-state index in [0.29, 0.717) is 18.7 Å². The van der Waals surface area contributed by atoms with Crippen LogP contribution in [0, 0.1) is 12.8 Å². The van der Waals surface area contributed by atoms with Crippen LogP contribution in [0.1, 0.15) is 36.2 Å². The van der Waals surface area contributed by atoms with E-state index in [-0.39, 0.29) is 17.7 Å². The van der Waals surface area contributed by atoms with Crippen molar-refractivity contribution in [1.29, 1.82) is 0 Å². The second kappa shape index (κ2) is 8.42. The predicted octanol–water partition coefficient (Wildman–Crippen LogP) is 1.21. The maximum Gasteiger partial charge on any atom is 0.251 e. The van der Waals surface area contributed by atoms with Gasteiger partial charge in [0.1, 0.15) is 6.04 Å². The highest BCUT2D eigenvalue weighted by molar-refractivity contribution is 5.97. The number of carbonyl (C=O) groups excluding carboxylic acids is 2. The molecule has 5 nitrogen and oxygen atoms in total. The van der Waals surface area contributed by atoms with E-state index in [4.69, 9.17) is 5.73 Å². The van der Waals surface area contributed by atoms with Crippen molar-refractivity contribution in [3.8, 4) is 0 Å². The molecule has 1 atom stereocenters. The van der Waals surface area contributed by atoms with E-state index < -0.39 is 6.04 Å². The maximum atomic E-state index is 12.2. The molecule has 4 N–H and O–H groups in total. The molecule has 116 valence electrons. The fourth-order valence-corrected chi connectivity index (χ4v) is 1.89. The van der Waals surface area contributed by atoms with Crippen molar-refractivity contribution in [3.63, 3.8) is 0 Å². The molecule has 0 aliphatic rings. The average Bonchev–Trinajstić information content (AvgIpc) is 2.45. The van der Waals surface area contributed by atoms with Gasteiger partial charge in [-0.1, -0.05) is 31.5 Å². The van der Waals surface area contributed by atoms with E-state index in [0.717, 1.165) is 12.0 Å². The SMILES string of the molecule is Cc1ccc(C(=O)NC(C(=O)NCCCN)C(C)C)cc1. The van der Waals surface area contributed by atoms with Gasteiger partial charge >= 0.3 is 0 Å². The third-order valence-electron chi connectivity index (χ3n) is 3.23. The number of amides is 2. The molecule has 0 aromatic heterocycles. The number of hydrogen-bond donors (Lipinski definition) is 3. The summed E-state index contributed by atoms with van der Waals surface area (Å²) in [6, 6.07) is 6.72. The molecular weight excluding hydrogens is 266 g/mol. The molecule has 0 saturated carbocycles. The molecule has 1 aromatic carbocycles. The average molecular weight is 291 g/mol. The minimum Gasteiger partial charge on any atom is -0.354 e. The zero-order chi connectivity index (χ0) is 15.8. The number of aryl methyl sites for hydroxylation is 1. The number of benzene rings is 1. The molecule has 1 unspecified atom stereocenters. The van der Waals surface area contributed by atoms with Crippen LogP contribution in [0.2, 0.25) is 0 Å². The lowest BCUT2D eigenvalue weighted by Gasteiger charge is -2.21. The third-order valence-corrected chi connectivity index (χ3v) is 3.23. The first-order valence-electron chi connectivity index (χ1n) is 7.31. The summed E-state index contributed by atoms with van der Waals surface area (Å²) in [5.74, 6) is -0.390. The Labute approximate surface area is 126 Å². The van der Waals surface area contributed by atoms with Crippen LogP contribution in [-0.2, 0) is 4.79 Å². The van der Waals surface area contributed by atoms with Crippen molar-refractivity contribution in [2.45, 2.75) is 33.2 Å². The molecule has 2 amide bonds. The Bertz CT molecular complexity index is 469. The van der Waals surface area contributed by atoms with E-state index >= 15 is 0 Å². The number of nitrogens with one attached hydrogen (secondary N) is 2. The van der Waals surface area contributed by atoms with Gasteiger partial charge in [-0.05, 0) is 37.9 Å². The van der Waals surface area contributed by atoms with Gasteiger partial charge in [-0.2, -0.15) is 0 Å². The fourth-order valence-electron chi connectivity index (χ4n) is 1.89. The highest BCUT2D eigenvalue weighted by Crippen LogP contribution is 2.07. The third kappa shape index (κ3) is 5.55. The smallest absolute Gasteiger partial charge is 0.251 e. The highest BCUT2D eigenvalue weighted by Gasteiger charge is 2.24. The van der Waals surface area contributed by atoms with Crippen LogP contribution in [-0.4, -0.2) is 30.9 Å². The Morgan fingerprint density at radius 1 is 1.19 bits per heavy atom. The van der Waals surface area contributed by atoms with Gasteiger partial charge in [-0.15, -0.1) is 0 Å². The lowest BCUT2D eigenvalue weighted by atomic mass is 10.0. The minimum atomic E-state index is -0.545. The van der Waals surface area contributed by atoms with Gasteiger partial charge in [-0.3, -0.25) is 9.59 Å². The zero-order valence-electron chi connectivity index (χ0n) is 13.0. The van der Waals surface area contributed by atoms with Crippen LogP contribution in [0.25, 0.3) is 0 Å². The van der Waals surface area contributed by atoms with Crippen LogP contribution >= 0.6 is 0 Å². The van der Waals surface area contributed by atoms with Gasteiger partial charge in [0.25, 0.3) is 5.91 Å². The summed E-state index contributed by atoms with van der Waals surface area (Å²) in [6.45, 7) is 6.83. The van der Waals surface area contributed by atoms with Crippen LogP contribution < -0.4 is 16.4 Å². The summed E-state index contributed by atoms with van der Waals surface area (Å²) >= 11 is 0. The molecule has 0 bridgehead atoms. The molecule has 0 aliphatic carbocycles. The molecular formula is C16H25N3O2. The first-order chi connectivity index (χ1) is 9.95. The van der Waals surface area contributed by atoms with E-state index in [1.54, 1.807) is 12.1 Å². The molecule has 0 radical (unpaired) electrons. The van der Waals surface area contributed by atoms with Crippen molar-refractivity contribution >= 4 is 11.8 Å². The summed E-state index contributed by atoms with van der Waals surface area (Å²) in [4.78, 5) is 24.3. The Kier molecular flexibility index (Phi) is 6.88.